The second kappa shape index (κ2) is 4.57. The summed E-state index contributed by atoms with van der Waals surface area (Å²) in [5.74, 6) is 0.491. The highest BCUT2D eigenvalue weighted by Gasteiger charge is 2.11. The minimum absolute atomic E-state index is 0.491. The molecule has 0 unspecified atom stereocenters. The minimum Gasteiger partial charge on any atom is -0.436 e. The molecule has 2 aromatic carbocycles. The Kier molecular flexibility index (Phi) is 3.06. The third-order valence-corrected chi connectivity index (χ3v) is 3.55. The first kappa shape index (κ1) is 12.0. The lowest BCUT2D eigenvalue weighted by atomic mass is 10.2. The molecule has 1 heterocycles. The van der Waals surface area contributed by atoms with Crippen molar-refractivity contribution in [2.45, 2.75) is 0 Å². The summed E-state index contributed by atoms with van der Waals surface area (Å²) < 4.78 is 6.57. The molecule has 0 aliphatic carbocycles. The average molecular weight is 343 g/mol. The lowest BCUT2D eigenvalue weighted by molar-refractivity contribution is 0.620. The third kappa shape index (κ3) is 2.14. The van der Waals surface area contributed by atoms with Gasteiger partial charge >= 0.3 is 0 Å². The maximum atomic E-state index is 6.17. The molecule has 0 spiro atoms. The van der Waals surface area contributed by atoms with Crippen LogP contribution in [0.15, 0.2) is 45.3 Å². The van der Waals surface area contributed by atoms with Gasteiger partial charge in [0, 0.05) is 9.50 Å². The quantitative estimate of drug-likeness (QED) is 0.578. The van der Waals surface area contributed by atoms with Gasteiger partial charge in [-0.25, -0.2) is 4.98 Å². The average Bonchev–Trinajstić information content (AvgIpc) is 2.71. The van der Waals surface area contributed by atoms with E-state index in [1.54, 1.807) is 24.3 Å². The number of benzene rings is 2. The van der Waals surface area contributed by atoms with E-state index in [0.717, 1.165) is 15.6 Å². The molecule has 0 amide bonds. The first-order valence-electron chi connectivity index (χ1n) is 5.15. The van der Waals surface area contributed by atoms with Gasteiger partial charge in [-0.05, 0) is 36.4 Å². The van der Waals surface area contributed by atoms with Gasteiger partial charge in [0.1, 0.15) is 5.52 Å². The highest BCUT2D eigenvalue weighted by Crippen LogP contribution is 2.32. The van der Waals surface area contributed by atoms with Crippen molar-refractivity contribution in [1.82, 2.24) is 4.98 Å². The molecule has 0 atom stereocenters. The molecule has 1 aromatic heterocycles. The fraction of sp³-hybridized carbons (Fsp3) is 0. The van der Waals surface area contributed by atoms with Crippen molar-refractivity contribution in [2.24, 2.45) is 0 Å². The van der Waals surface area contributed by atoms with Crippen molar-refractivity contribution in [1.29, 1.82) is 0 Å². The Hall–Kier alpha value is -1.03. The summed E-state index contributed by atoms with van der Waals surface area (Å²) in [4.78, 5) is 4.38. The van der Waals surface area contributed by atoms with Gasteiger partial charge < -0.3 is 4.42 Å². The molecule has 0 saturated carbocycles. The third-order valence-electron chi connectivity index (χ3n) is 2.51. The van der Waals surface area contributed by atoms with Crippen LogP contribution >= 0.6 is 39.1 Å². The van der Waals surface area contributed by atoms with Crippen LogP contribution in [0.25, 0.3) is 22.6 Å². The molecule has 0 fully saturated rings. The van der Waals surface area contributed by atoms with Gasteiger partial charge in [-0.2, -0.15) is 0 Å². The summed E-state index contributed by atoms with van der Waals surface area (Å²) in [6, 6.07) is 10.9. The Morgan fingerprint density at radius 1 is 1.06 bits per heavy atom. The molecule has 18 heavy (non-hydrogen) atoms. The molecule has 0 N–H and O–H groups in total. The Bertz CT molecular complexity index is 739. The number of aromatic nitrogens is 1. The van der Waals surface area contributed by atoms with E-state index in [4.69, 9.17) is 27.6 Å². The van der Waals surface area contributed by atoms with Crippen LogP contribution in [0.5, 0.6) is 0 Å². The molecule has 2 nitrogen and oxygen atoms in total. The predicted octanol–water partition coefficient (Wildman–Crippen LogP) is 5.56. The number of halogens is 3. The second-order valence-corrected chi connectivity index (χ2v) is 5.51. The van der Waals surface area contributed by atoms with Crippen molar-refractivity contribution in [3.63, 3.8) is 0 Å². The topological polar surface area (TPSA) is 26.0 Å². The highest BCUT2D eigenvalue weighted by atomic mass is 79.9. The van der Waals surface area contributed by atoms with Gasteiger partial charge in [0.25, 0.3) is 0 Å². The summed E-state index contributed by atoms with van der Waals surface area (Å²) >= 11 is 15.4. The standard InChI is InChI=1S/C13H6BrCl2NO/c14-7-1-3-9(10(16)5-7)13-17-11-6-8(15)2-4-12(11)18-13/h1-6H. The molecule has 3 rings (SSSR count). The first-order chi connectivity index (χ1) is 8.63. The molecule has 0 aliphatic heterocycles. The van der Waals surface area contributed by atoms with Gasteiger partial charge in [-0.15, -0.1) is 0 Å². The summed E-state index contributed by atoms with van der Waals surface area (Å²) in [5.41, 5.74) is 2.16. The Labute approximate surface area is 122 Å². The molecule has 5 heteroatoms. The summed E-state index contributed by atoms with van der Waals surface area (Å²) in [6.45, 7) is 0. The van der Waals surface area contributed by atoms with Gasteiger partial charge in [0.15, 0.2) is 5.58 Å². The van der Waals surface area contributed by atoms with Crippen molar-refractivity contribution < 1.29 is 4.42 Å². The monoisotopic (exact) mass is 341 g/mol. The van der Waals surface area contributed by atoms with Crippen molar-refractivity contribution in [3.05, 3.63) is 50.9 Å². The van der Waals surface area contributed by atoms with Crippen LogP contribution in [-0.2, 0) is 0 Å². The van der Waals surface area contributed by atoms with Crippen molar-refractivity contribution in [2.75, 3.05) is 0 Å². The van der Waals surface area contributed by atoms with E-state index in [0.29, 0.717) is 21.5 Å². The largest absolute Gasteiger partial charge is 0.436 e. The van der Waals surface area contributed by atoms with E-state index in [1.807, 2.05) is 12.1 Å². The van der Waals surface area contributed by atoms with Crippen LogP contribution in [-0.4, -0.2) is 4.98 Å². The zero-order chi connectivity index (χ0) is 12.7. The van der Waals surface area contributed by atoms with Crippen molar-refractivity contribution >= 4 is 50.2 Å². The molecule has 90 valence electrons. The van der Waals surface area contributed by atoms with E-state index < -0.39 is 0 Å². The van der Waals surface area contributed by atoms with E-state index in [2.05, 4.69) is 20.9 Å². The number of fused-ring (bicyclic) bond motifs is 1. The molecule has 0 bridgehead atoms. The van der Waals surface area contributed by atoms with Gasteiger partial charge in [0.05, 0.1) is 10.6 Å². The maximum Gasteiger partial charge on any atom is 0.228 e. The zero-order valence-corrected chi connectivity index (χ0v) is 12.1. The van der Waals surface area contributed by atoms with E-state index in [9.17, 15) is 0 Å². The van der Waals surface area contributed by atoms with E-state index in [1.165, 1.54) is 0 Å². The predicted molar refractivity (Wildman–Crippen MR) is 77.2 cm³/mol. The van der Waals surface area contributed by atoms with E-state index in [-0.39, 0.29) is 0 Å². The van der Waals surface area contributed by atoms with Crippen LogP contribution < -0.4 is 0 Å². The molecular formula is C13H6BrCl2NO. The Morgan fingerprint density at radius 2 is 1.89 bits per heavy atom. The molecule has 0 saturated heterocycles. The summed E-state index contributed by atoms with van der Waals surface area (Å²) in [6.07, 6.45) is 0. The number of hydrogen-bond donors (Lipinski definition) is 0. The maximum absolute atomic E-state index is 6.17. The SMILES string of the molecule is Clc1ccc2oc(-c3ccc(Br)cc3Cl)nc2c1. The summed E-state index contributed by atoms with van der Waals surface area (Å²) in [7, 11) is 0. The smallest absolute Gasteiger partial charge is 0.228 e. The number of nitrogens with zero attached hydrogens (tertiary/aromatic N) is 1. The fourth-order valence-corrected chi connectivity index (χ4v) is 2.60. The van der Waals surface area contributed by atoms with Gasteiger partial charge in [-0.1, -0.05) is 39.1 Å². The van der Waals surface area contributed by atoms with Gasteiger partial charge in [0.2, 0.25) is 5.89 Å². The van der Waals surface area contributed by atoms with Crippen LogP contribution in [0.1, 0.15) is 0 Å². The van der Waals surface area contributed by atoms with E-state index >= 15 is 0 Å². The highest BCUT2D eigenvalue weighted by molar-refractivity contribution is 9.10. The number of oxazole rings is 1. The Morgan fingerprint density at radius 3 is 2.67 bits per heavy atom. The van der Waals surface area contributed by atoms with Crippen LogP contribution in [0.4, 0.5) is 0 Å². The van der Waals surface area contributed by atoms with Crippen molar-refractivity contribution in [3.8, 4) is 11.5 Å². The lowest BCUT2D eigenvalue weighted by Gasteiger charge is -1.99. The number of hydrogen-bond acceptors (Lipinski definition) is 2. The molecule has 3 aromatic rings. The van der Waals surface area contributed by atoms with Crippen LogP contribution in [0.2, 0.25) is 10.0 Å². The summed E-state index contributed by atoms with van der Waals surface area (Å²) in [5, 5.41) is 1.21. The molecule has 0 aliphatic rings. The lowest BCUT2D eigenvalue weighted by Crippen LogP contribution is -1.79. The number of rotatable bonds is 1. The first-order valence-corrected chi connectivity index (χ1v) is 6.70. The van der Waals surface area contributed by atoms with Crippen LogP contribution in [0.3, 0.4) is 0 Å². The molecule has 0 radical (unpaired) electrons. The molecular weight excluding hydrogens is 337 g/mol. The fourth-order valence-electron chi connectivity index (χ4n) is 1.68. The van der Waals surface area contributed by atoms with Gasteiger partial charge in [-0.3, -0.25) is 0 Å². The Balaban J connectivity index is 2.19. The second-order valence-electron chi connectivity index (χ2n) is 3.76. The minimum atomic E-state index is 0.491. The van der Waals surface area contributed by atoms with Crippen LogP contribution in [0, 0.1) is 0 Å². The normalized spacial score (nSPS) is 11.1. The zero-order valence-electron chi connectivity index (χ0n) is 8.95.